The molecule has 44 nitrogen and oxygen atoms in total. The number of unbranched alkanes of at least 4 members (excludes halogenated alkanes) is 1. The van der Waals surface area contributed by atoms with Crippen molar-refractivity contribution < 1.29 is 102 Å². The Morgan fingerprint density at radius 3 is 1.71 bits per heavy atom. The molecule has 2 aromatic heterocycles. The zero-order chi connectivity index (χ0) is 94.5. The summed E-state index contributed by atoms with van der Waals surface area (Å²) in [6, 6.07) is -1.19. The van der Waals surface area contributed by atoms with Gasteiger partial charge < -0.3 is 136 Å². The third-order valence-electron chi connectivity index (χ3n) is 22.6. The van der Waals surface area contributed by atoms with Crippen molar-refractivity contribution in [2.24, 2.45) is 22.9 Å². The van der Waals surface area contributed by atoms with E-state index >= 15 is 24.0 Å². The molecule has 0 aliphatic carbocycles. The molecule has 0 radical (unpaired) electrons. The molecule has 129 heavy (non-hydrogen) atoms. The number of carbonyl (C=O) groups is 17. The number of aliphatic hydroxyl groups excluding tert-OH is 3. The minimum absolute atomic E-state index is 0.0148. The average Bonchev–Trinajstić information content (AvgIpc) is 1.74. The van der Waals surface area contributed by atoms with Crippen molar-refractivity contribution in [1.82, 2.24) is 93.0 Å². The van der Waals surface area contributed by atoms with Crippen LogP contribution in [-0.2, 0) is 101 Å². The van der Waals surface area contributed by atoms with Gasteiger partial charge in [-0.1, -0.05) is 68.3 Å². The van der Waals surface area contributed by atoms with E-state index in [2.05, 4.69) is 68.5 Å². The maximum atomic E-state index is 15.3. The number of primary amides is 2. The monoisotopic (exact) mass is 1820 g/mol. The number of nitrogens with zero attached hydrogens (tertiary/aromatic N) is 5. The first kappa shape index (κ1) is 101. The Bertz CT molecular complexity index is 4860. The highest BCUT2D eigenvalue weighted by Crippen LogP contribution is 2.27. The van der Waals surface area contributed by atoms with Crippen LogP contribution in [-0.4, -0.2) is 331 Å². The Morgan fingerprint density at radius 1 is 0.550 bits per heavy atom. The molecule has 45 heteroatoms. The maximum absolute atomic E-state index is 15.3. The lowest BCUT2D eigenvalue weighted by molar-refractivity contribution is -0.146. The van der Waals surface area contributed by atoms with Crippen molar-refractivity contribution in [3.63, 3.8) is 0 Å². The number of aliphatic hydroxyl groups is 3. The summed E-state index contributed by atoms with van der Waals surface area (Å²) < 4.78 is 0. The minimum Gasteiger partial charge on any atom is -0.508 e. The Labute approximate surface area is 747 Å². The fourth-order valence-corrected chi connectivity index (χ4v) is 16.4. The van der Waals surface area contributed by atoms with Gasteiger partial charge in [-0.05, 0) is 106 Å². The van der Waals surface area contributed by atoms with Crippen molar-refractivity contribution in [3.05, 3.63) is 102 Å². The van der Waals surface area contributed by atoms with E-state index in [1.54, 1.807) is 67.8 Å². The van der Waals surface area contributed by atoms with Crippen LogP contribution in [0, 0.1) is 5.41 Å². The summed E-state index contributed by atoms with van der Waals surface area (Å²) in [4.78, 5) is 257. The normalized spacial score (nSPS) is 24.7. The number of phenols is 1. The highest BCUT2D eigenvalue weighted by molar-refractivity contribution is 8.00. The highest BCUT2D eigenvalue weighted by atomic mass is 32.2. The molecule has 0 spiro atoms. The van der Waals surface area contributed by atoms with Crippen LogP contribution in [0.25, 0.3) is 21.8 Å². The fourth-order valence-electron chi connectivity index (χ4n) is 15.5. The number of rotatable bonds is 24. The first-order chi connectivity index (χ1) is 61.4. The molecule has 702 valence electrons. The number of guanidine groups is 1. The molecule has 3 aromatic carbocycles. The van der Waals surface area contributed by atoms with Gasteiger partial charge in [0, 0.05) is 113 Å². The highest BCUT2D eigenvalue weighted by Gasteiger charge is 2.46. The number of thioether (sulfide) groups is 1. The first-order valence-corrected chi connectivity index (χ1v) is 43.7. The summed E-state index contributed by atoms with van der Waals surface area (Å²) in [5.41, 5.74) is 25.4. The van der Waals surface area contributed by atoms with Crippen LogP contribution in [0.5, 0.6) is 5.75 Å². The van der Waals surface area contributed by atoms with Crippen LogP contribution in [0.4, 0.5) is 0 Å². The second-order valence-electron chi connectivity index (χ2n) is 32.2. The number of benzene rings is 3. The molecule has 5 aromatic rings. The molecule has 3 aliphatic heterocycles. The lowest BCUT2D eigenvalue weighted by Gasteiger charge is -2.33. The van der Waals surface area contributed by atoms with Crippen LogP contribution in [0.2, 0.25) is 0 Å². The number of carbonyl (C=O) groups excluding carboxylic acids is 17. The van der Waals surface area contributed by atoms with Crippen molar-refractivity contribution in [3.8, 4) is 5.75 Å². The number of amides is 17. The summed E-state index contributed by atoms with van der Waals surface area (Å²) in [5, 5.41) is 79.9. The van der Waals surface area contributed by atoms with Gasteiger partial charge >= 0.3 is 0 Å². The molecule has 14 atom stereocenters. The summed E-state index contributed by atoms with van der Waals surface area (Å²) in [5.74, 6) is -18.3. The van der Waals surface area contributed by atoms with Crippen molar-refractivity contribution in [2.75, 3.05) is 85.1 Å². The third-order valence-corrected chi connectivity index (χ3v) is 23.6. The second kappa shape index (κ2) is 48.8. The van der Waals surface area contributed by atoms with E-state index in [4.69, 9.17) is 28.3 Å². The molecule has 3 saturated heterocycles. The van der Waals surface area contributed by atoms with Crippen LogP contribution >= 0.6 is 11.8 Å². The fraction of sp³-hybridized carbons (Fsp3) is 0.524. The molecular formula is C84H119N23O21S. The molecule has 0 bridgehead atoms. The van der Waals surface area contributed by atoms with Crippen LogP contribution in [0.15, 0.2) is 85.2 Å². The van der Waals surface area contributed by atoms with Crippen LogP contribution in [0.3, 0.4) is 0 Å². The van der Waals surface area contributed by atoms with Crippen LogP contribution in [0.1, 0.15) is 108 Å². The van der Waals surface area contributed by atoms with Crippen molar-refractivity contribution >= 4 is 140 Å². The summed E-state index contributed by atoms with van der Waals surface area (Å²) in [6.45, 7) is -1.03. The van der Waals surface area contributed by atoms with Gasteiger partial charge in [0.25, 0.3) is 0 Å². The molecule has 3 aliphatic rings. The Kier molecular flexibility index (Phi) is 38.4. The topological polar surface area (TPSA) is 679 Å². The van der Waals surface area contributed by atoms with E-state index in [0.717, 1.165) is 36.3 Å². The number of nitrogens with one attached hydrogen (secondary N) is 14. The number of aromatic nitrogens is 2. The smallest absolute Gasteiger partial charge is 0.246 e. The van der Waals surface area contributed by atoms with E-state index < -0.39 is 255 Å². The van der Waals surface area contributed by atoms with Crippen LogP contribution < -0.4 is 81.4 Å². The first-order valence-electron chi connectivity index (χ1n) is 42.5. The van der Waals surface area contributed by atoms with Gasteiger partial charge in [0.15, 0.2) is 5.96 Å². The van der Waals surface area contributed by atoms with E-state index in [1.165, 1.54) is 52.3 Å². The van der Waals surface area contributed by atoms with Gasteiger partial charge in [-0.2, -0.15) is 0 Å². The van der Waals surface area contributed by atoms with Crippen molar-refractivity contribution in [2.45, 2.75) is 195 Å². The number of nitrogens with two attached hydrogens (primary N) is 4. The third kappa shape index (κ3) is 28.7. The largest absolute Gasteiger partial charge is 0.508 e. The zero-order valence-electron chi connectivity index (χ0n) is 72.5. The predicted octanol–water partition coefficient (Wildman–Crippen LogP) is -6.38. The molecule has 3 fully saturated rings. The molecule has 0 saturated carbocycles. The number of phenolic OH excluding ortho intramolecular Hbond substituents is 1. The number of hydrogen-bond acceptors (Lipinski definition) is 24. The van der Waals surface area contributed by atoms with E-state index in [1.807, 2.05) is 0 Å². The van der Waals surface area contributed by atoms with Crippen molar-refractivity contribution in [1.29, 1.82) is 5.41 Å². The zero-order valence-corrected chi connectivity index (χ0v) is 73.3. The lowest BCUT2D eigenvalue weighted by atomic mass is 10.0. The number of hydrogen-bond donors (Lipinski definition) is 22. The van der Waals surface area contributed by atoms with E-state index in [9.17, 15) is 78.0 Å². The Balaban J connectivity index is 1.16. The van der Waals surface area contributed by atoms with Gasteiger partial charge in [0.05, 0.1) is 38.0 Å². The number of likely N-dealkylation sites (N-methyl/N-ethyl adjacent to an activating group) is 3. The van der Waals surface area contributed by atoms with Gasteiger partial charge in [-0.3, -0.25) is 86.9 Å². The number of para-hydroxylation sites is 2. The summed E-state index contributed by atoms with van der Waals surface area (Å²) in [7, 11) is 3.75. The number of H-pyrrole nitrogens is 2. The quantitative estimate of drug-likeness (QED) is 0.0155. The van der Waals surface area contributed by atoms with Gasteiger partial charge in [0.2, 0.25) is 100 Å². The average molecular weight is 1820 g/mol. The van der Waals surface area contributed by atoms with Gasteiger partial charge in [-0.25, -0.2) is 0 Å². The van der Waals surface area contributed by atoms with Gasteiger partial charge in [-0.15, -0.1) is 11.8 Å². The Hall–Kier alpha value is -13.0. The minimum atomic E-state index is -1.90. The summed E-state index contributed by atoms with van der Waals surface area (Å²) >= 11 is 0.749. The maximum Gasteiger partial charge on any atom is 0.246 e. The standard InChI is InChI=1S/C84H119N23O21S/c1-6-7-21-64-76(121)100-61(36-67(86)112)83(128)106-30-14-22-65(106)77(122)101-62(42-109)75(120)97-57(27-31-108)82(127)107-40-50(111)35-66(107)78(123)98-58(33-47-37-91-53-17-10-8-15-51(47)53)74(119)96-56(19-12-28-85)73(118)99-60(34-48-38-92-54-18-11-9-16-52(48)54)80(125)104(4)45(2)79(124)103(3)41-69(114)94-55(20-13-29-90-84(88)89)72(117)102-63(71(116)93-39-68(87)113)43-129-44-70(115)95-59(81(126)105(64)5)32-46-23-25-49(110)26-24-46/h8-11,15-18,23-26,37-38,45,50,55-66,91-92,108-111H,6-7,12-14,19-22,27-36,39-44,85H2,1-5H3,(H2,86,112)(H2,87,113)(H,93,116)(H,94,114)(H,95,115)(H,96,119)(H,97,120)(H,98,123)(H,99,118)(H,100,121)(H,101,122)(H,102,117)(H4,88,89,90)/t45-,50+,55-,56-,57-,58-,59-,60-,61-,62-,63?,64-,65-,66?/m0/s1. The second-order valence-corrected chi connectivity index (χ2v) is 33.2. The SMILES string of the molecule is CCCC[C@H]1C(=O)N[C@@H](CC(N)=O)C(=O)N2CCC[C@H]2C(=O)N[C@@H](CO)C(=O)N[C@@H](CCO)C(=O)N2C[C@H](O)CC2C(=O)N[C@@H](Cc2c[nH]c3ccccc23)C(=O)N[C@@H](CCCN)C(=O)N[C@@H](Cc2c[nH]c3ccccc23)C(=O)N(C)[C@@H](C)C(=O)N(C)CC(=O)N[C@@H](CCCNC(=N)N)C(=O)NC(C(=O)NCC(N)=O)CSCC(=O)N[C@@H](Cc2ccc(O)cc2)C(=O)N1C. The molecule has 17 amide bonds. The Morgan fingerprint density at radius 2 is 1.09 bits per heavy atom. The predicted molar refractivity (Wildman–Crippen MR) is 470 cm³/mol. The number of aromatic hydroxyl groups is 1. The lowest BCUT2D eigenvalue weighted by Crippen LogP contribution is -2.61. The number of aromatic amines is 2. The molecule has 2 unspecified atom stereocenters. The molecule has 26 N–H and O–H groups in total. The molecule has 8 rings (SSSR count). The molecular weight excluding hydrogens is 1700 g/mol. The number of fused-ring (bicyclic) bond motifs is 4. The summed E-state index contributed by atoms with van der Waals surface area (Å²) in [6.07, 6.45) is -0.395. The van der Waals surface area contributed by atoms with E-state index in [-0.39, 0.29) is 96.0 Å². The molecule has 5 heterocycles. The van der Waals surface area contributed by atoms with E-state index in [0.29, 0.717) is 44.9 Å². The van der Waals surface area contributed by atoms with Gasteiger partial charge in [0.1, 0.15) is 84.3 Å².